The van der Waals surface area contributed by atoms with E-state index in [1.807, 2.05) is 0 Å². The quantitative estimate of drug-likeness (QED) is 0.108. The van der Waals surface area contributed by atoms with E-state index in [1.54, 1.807) is 0 Å². The van der Waals surface area contributed by atoms with E-state index in [4.69, 9.17) is 9.84 Å². The van der Waals surface area contributed by atoms with Crippen LogP contribution in [0, 0.1) is 0 Å². The van der Waals surface area contributed by atoms with Crippen LogP contribution in [0.3, 0.4) is 0 Å². The van der Waals surface area contributed by atoms with Gasteiger partial charge in [0.15, 0.2) is 0 Å². The van der Waals surface area contributed by atoms with E-state index < -0.39 is 0 Å². The van der Waals surface area contributed by atoms with Crippen LogP contribution in [0.4, 0.5) is 0 Å². The Labute approximate surface area is 197 Å². The maximum atomic E-state index is 11.7. The van der Waals surface area contributed by atoms with Crippen LogP contribution in [0.1, 0.15) is 110 Å². The summed E-state index contributed by atoms with van der Waals surface area (Å²) >= 11 is 0. The molecule has 0 aromatic carbocycles. The van der Waals surface area contributed by atoms with Crippen molar-refractivity contribution in [3.8, 4) is 0 Å². The highest BCUT2D eigenvalue weighted by molar-refractivity contribution is 5.75. The zero-order valence-corrected chi connectivity index (χ0v) is 20.7. The van der Waals surface area contributed by atoms with Crippen molar-refractivity contribution in [3.63, 3.8) is 0 Å². The Morgan fingerprint density at radius 2 is 1.38 bits per heavy atom. The highest BCUT2D eigenvalue weighted by Gasteiger charge is 2.04. The number of hydrogen-bond donors (Lipinski definition) is 3. The molecule has 188 valence electrons. The van der Waals surface area contributed by atoms with Crippen molar-refractivity contribution in [2.75, 3.05) is 32.8 Å². The van der Waals surface area contributed by atoms with Crippen molar-refractivity contribution in [3.05, 3.63) is 12.2 Å². The number of allylic oxidation sites excluding steroid dienone is 2. The molecule has 6 heteroatoms. The average Bonchev–Trinajstić information content (AvgIpc) is 2.79. The molecule has 0 heterocycles. The van der Waals surface area contributed by atoms with Crippen LogP contribution in [0.2, 0.25) is 0 Å². The van der Waals surface area contributed by atoms with Crippen molar-refractivity contribution in [1.82, 2.24) is 10.6 Å². The number of nitrogens with one attached hydrogen (secondary N) is 2. The normalized spacial score (nSPS) is 11.2. The summed E-state index contributed by atoms with van der Waals surface area (Å²) in [5.41, 5.74) is 0. The minimum absolute atomic E-state index is 0.0379. The lowest BCUT2D eigenvalue weighted by molar-refractivity contribution is -0.144. The lowest BCUT2D eigenvalue weighted by Gasteiger charge is -2.07. The largest absolute Gasteiger partial charge is 0.464 e. The number of unbranched alkanes of at least 4 members (excludes halogenated alkanes) is 11. The van der Waals surface area contributed by atoms with Gasteiger partial charge in [-0.05, 0) is 45.1 Å². The summed E-state index contributed by atoms with van der Waals surface area (Å²) in [4.78, 5) is 23.3. The smallest absolute Gasteiger partial charge is 0.305 e. The van der Waals surface area contributed by atoms with Gasteiger partial charge in [0.2, 0.25) is 5.91 Å². The van der Waals surface area contributed by atoms with Crippen molar-refractivity contribution in [2.24, 2.45) is 0 Å². The maximum absolute atomic E-state index is 11.7. The molecule has 0 spiro atoms. The summed E-state index contributed by atoms with van der Waals surface area (Å²) in [5, 5.41) is 14.4. The van der Waals surface area contributed by atoms with Crippen LogP contribution in [-0.2, 0) is 14.3 Å². The fourth-order valence-electron chi connectivity index (χ4n) is 3.43. The summed E-state index contributed by atoms with van der Waals surface area (Å²) in [6, 6.07) is 0. The molecule has 0 aliphatic carbocycles. The minimum Gasteiger partial charge on any atom is -0.464 e. The van der Waals surface area contributed by atoms with Crippen LogP contribution < -0.4 is 10.6 Å². The van der Waals surface area contributed by atoms with Crippen LogP contribution in [0.5, 0.6) is 0 Å². The molecule has 0 aromatic heterocycles. The third-order valence-electron chi connectivity index (χ3n) is 5.38. The van der Waals surface area contributed by atoms with Crippen molar-refractivity contribution >= 4 is 11.9 Å². The first-order valence-electron chi connectivity index (χ1n) is 13.1. The summed E-state index contributed by atoms with van der Waals surface area (Å²) in [6.45, 7) is 4.22. The summed E-state index contributed by atoms with van der Waals surface area (Å²) in [7, 11) is 0. The van der Waals surface area contributed by atoms with Gasteiger partial charge in [-0.2, -0.15) is 0 Å². The summed E-state index contributed by atoms with van der Waals surface area (Å²) in [6.07, 6.45) is 22.4. The standard InChI is InChI=1S/C26H50N2O4/c1-2-3-4-5-6-7-8-9-10-11-12-13-14-15-16-19-26(31)32-24-22-28-25(30)18-17-20-27-21-23-29/h9-10,27,29H,2-8,11-24H2,1H3,(H,28,30)/b10-9-. The van der Waals surface area contributed by atoms with Gasteiger partial charge in [0, 0.05) is 19.4 Å². The zero-order chi connectivity index (χ0) is 23.5. The van der Waals surface area contributed by atoms with E-state index >= 15 is 0 Å². The predicted molar refractivity (Wildman–Crippen MR) is 133 cm³/mol. The number of amides is 1. The Bertz CT molecular complexity index is 455. The molecule has 0 aliphatic rings. The molecule has 1 amide bonds. The van der Waals surface area contributed by atoms with Gasteiger partial charge in [-0.3, -0.25) is 9.59 Å². The summed E-state index contributed by atoms with van der Waals surface area (Å²) < 4.78 is 5.17. The van der Waals surface area contributed by atoms with Gasteiger partial charge < -0.3 is 20.5 Å². The molecular weight excluding hydrogens is 404 g/mol. The highest BCUT2D eigenvalue weighted by Crippen LogP contribution is 2.10. The Morgan fingerprint density at radius 3 is 2.03 bits per heavy atom. The molecule has 0 atom stereocenters. The first-order chi connectivity index (χ1) is 15.7. The van der Waals surface area contributed by atoms with E-state index in [2.05, 4.69) is 29.7 Å². The SMILES string of the molecule is CCCCCCCC/C=C\CCCCCCCC(=O)OCCNC(=O)CCCNCCO. The van der Waals surface area contributed by atoms with Gasteiger partial charge in [-0.25, -0.2) is 0 Å². The fraction of sp³-hybridized carbons (Fsp3) is 0.846. The number of carbonyl (C=O) groups is 2. The highest BCUT2D eigenvalue weighted by atomic mass is 16.5. The first kappa shape index (κ1) is 30.6. The Kier molecular flexibility index (Phi) is 24.7. The molecule has 0 radical (unpaired) electrons. The molecule has 6 nitrogen and oxygen atoms in total. The van der Waals surface area contributed by atoms with Gasteiger partial charge in [-0.1, -0.05) is 70.4 Å². The van der Waals surface area contributed by atoms with E-state index in [-0.39, 0.29) is 25.1 Å². The number of esters is 1. The van der Waals surface area contributed by atoms with Crippen molar-refractivity contribution in [2.45, 2.75) is 110 Å². The molecule has 0 rings (SSSR count). The Morgan fingerprint density at radius 1 is 0.750 bits per heavy atom. The Balaban J connectivity index is 3.31. The van der Waals surface area contributed by atoms with E-state index in [0.29, 0.717) is 32.5 Å². The third kappa shape index (κ3) is 24.9. The maximum Gasteiger partial charge on any atom is 0.305 e. The van der Waals surface area contributed by atoms with Crippen LogP contribution >= 0.6 is 0 Å². The van der Waals surface area contributed by atoms with E-state index in [1.165, 1.54) is 70.6 Å². The van der Waals surface area contributed by atoms with Gasteiger partial charge in [0.25, 0.3) is 0 Å². The molecule has 3 N–H and O–H groups in total. The third-order valence-corrected chi connectivity index (χ3v) is 5.38. The molecular formula is C26H50N2O4. The number of rotatable bonds is 24. The van der Waals surface area contributed by atoms with Crippen LogP contribution in [-0.4, -0.2) is 49.8 Å². The zero-order valence-electron chi connectivity index (χ0n) is 20.7. The monoisotopic (exact) mass is 454 g/mol. The van der Waals surface area contributed by atoms with Gasteiger partial charge in [0.05, 0.1) is 13.2 Å². The molecule has 32 heavy (non-hydrogen) atoms. The molecule has 0 fully saturated rings. The van der Waals surface area contributed by atoms with E-state index in [0.717, 1.165) is 19.3 Å². The number of aliphatic hydroxyl groups is 1. The molecule has 0 aromatic rings. The van der Waals surface area contributed by atoms with Crippen LogP contribution in [0.15, 0.2) is 12.2 Å². The lowest BCUT2D eigenvalue weighted by Crippen LogP contribution is -2.29. The van der Waals surface area contributed by atoms with Crippen molar-refractivity contribution < 1.29 is 19.4 Å². The predicted octanol–water partition coefficient (Wildman–Crippen LogP) is 5.05. The lowest BCUT2D eigenvalue weighted by atomic mass is 10.1. The van der Waals surface area contributed by atoms with Gasteiger partial charge in [0.1, 0.15) is 6.61 Å². The second kappa shape index (κ2) is 25.9. The van der Waals surface area contributed by atoms with Crippen molar-refractivity contribution in [1.29, 1.82) is 0 Å². The number of aliphatic hydroxyl groups excluding tert-OH is 1. The molecule has 0 bridgehead atoms. The molecule has 0 unspecified atom stereocenters. The summed E-state index contributed by atoms with van der Waals surface area (Å²) in [5.74, 6) is -0.214. The van der Waals surface area contributed by atoms with Gasteiger partial charge >= 0.3 is 5.97 Å². The molecule has 0 saturated heterocycles. The molecule has 0 aliphatic heterocycles. The Hall–Kier alpha value is -1.40. The fourth-order valence-corrected chi connectivity index (χ4v) is 3.43. The number of carbonyl (C=O) groups excluding carboxylic acids is 2. The second-order valence-electron chi connectivity index (χ2n) is 8.48. The van der Waals surface area contributed by atoms with E-state index in [9.17, 15) is 9.59 Å². The second-order valence-corrected chi connectivity index (χ2v) is 8.48. The number of ether oxygens (including phenoxy) is 1. The number of hydrogen-bond acceptors (Lipinski definition) is 5. The minimum atomic E-state index is -0.176. The molecule has 0 saturated carbocycles. The van der Waals surface area contributed by atoms with Crippen LogP contribution in [0.25, 0.3) is 0 Å². The first-order valence-corrected chi connectivity index (χ1v) is 13.1. The topological polar surface area (TPSA) is 87.7 Å². The van der Waals surface area contributed by atoms with Gasteiger partial charge in [-0.15, -0.1) is 0 Å². The average molecular weight is 455 g/mol.